The molecule has 0 aliphatic heterocycles. The monoisotopic (exact) mass is 436 g/mol. The Morgan fingerprint density at radius 3 is 2.13 bits per heavy atom. The third kappa shape index (κ3) is 4.94. The largest absolute Gasteiger partial charge is 0.431 e. The molecule has 30 heavy (non-hydrogen) atoms. The molecule has 0 saturated heterocycles. The molecule has 0 fully saturated rings. The highest BCUT2D eigenvalue weighted by Crippen LogP contribution is 2.24. The Balaban J connectivity index is 1.39. The molecule has 0 spiro atoms. The lowest BCUT2D eigenvalue weighted by atomic mass is 10.0. The second-order valence-electron chi connectivity index (χ2n) is 6.76. The fourth-order valence-corrected chi connectivity index (χ4v) is 4.39. The van der Waals surface area contributed by atoms with Crippen LogP contribution in [0.25, 0.3) is 11.1 Å². The van der Waals surface area contributed by atoms with Gasteiger partial charge in [-0.3, -0.25) is 0 Å². The van der Waals surface area contributed by atoms with Crippen LogP contribution in [0, 0.1) is 6.92 Å². The maximum atomic E-state index is 12.6. The summed E-state index contributed by atoms with van der Waals surface area (Å²) < 4.78 is 33.5. The molecular formula is C23H20N2O3S2. The average molecular weight is 437 g/mol. The Bertz CT molecular complexity index is 1200. The predicted octanol–water partition coefficient (Wildman–Crippen LogP) is 5.39. The first-order valence-electron chi connectivity index (χ1n) is 9.33. The van der Waals surface area contributed by atoms with Crippen LogP contribution in [0.2, 0.25) is 0 Å². The SMILES string of the molecule is Cc1ccc(-c2ccc(S(=O)(=O)NCc3ccc(Oc4nccs4)cc3)cc2)cc1. The fourth-order valence-electron chi connectivity index (χ4n) is 2.87. The van der Waals surface area contributed by atoms with Crippen molar-refractivity contribution in [3.8, 4) is 22.1 Å². The minimum atomic E-state index is -3.60. The van der Waals surface area contributed by atoms with E-state index in [0.29, 0.717) is 10.9 Å². The van der Waals surface area contributed by atoms with Crippen molar-refractivity contribution in [3.63, 3.8) is 0 Å². The van der Waals surface area contributed by atoms with E-state index in [1.54, 1.807) is 30.5 Å². The average Bonchev–Trinajstić information content (AvgIpc) is 3.27. The van der Waals surface area contributed by atoms with Crippen molar-refractivity contribution in [1.29, 1.82) is 0 Å². The molecule has 3 aromatic carbocycles. The first kappa shape index (κ1) is 20.3. The topological polar surface area (TPSA) is 68.3 Å². The number of aromatic nitrogens is 1. The minimum Gasteiger partial charge on any atom is -0.431 e. The molecule has 7 heteroatoms. The highest BCUT2D eigenvalue weighted by Gasteiger charge is 2.14. The molecule has 0 saturated carbocycles. The number of sulfonamides is 1. The Morgan fingerprint density at radius 2 is 1.53 bits per heavy atom. The number of thiazole rings is 1. The van der Waals surface area contributed by atoms with E-state index in [4.69, 9.17) is 4.74 Å². The van der Waals surface area contributed by atoms with Gasteiger partial charge in [0.25, 0.3) is 5.19 Å². The van der Waals surface area contributed by atoms with Crippen LogP contribution in [0.3, 0.4) is 0 Å². The molecule has 1 aromatic heterocycles. The van der Waals surface area contributed by atoms with Crippen LogP contribution >= 0.6 is 11.3 Å². The van der Waals surface area contributed by atoms with Crippen molar-refractivity contribution in [2.24, 2.45) is 0 Å². The summed E-state index contributed by atoms with van der Waals surface area (Å²) in [7, 11) is -3.60. The minimum absolute atomic E-state index is 0.194. The summed E-state index contributed by atoms with van der Waals surface area (Å²) in [6.07, 6.45) is 1.68. The maximum absolute atomic E-state index is 12.6. The lowest BCUT2D eigenvalue weighted by Gasteiger charge is -2.09. The number of hydrogen-bond acceptors (Lipinski definition) is 5. The summed E-state index contributed by atoms with van der Waals surface area (Å²) in [5.74, 6) is 0.656. The van der Waals surface area contributed by atoms with Crippen LogP contribution < -0.4 is 9.46 Å². The Morgan fingerprint density at radius 1 is 0.900 bits per heavy atom. The Labute approximate surface area is 180 Å². The molecule has 5 nitrogen and oxygen atoms in total. The van der Waals surface area contributed by atoms with Crippen molar-refractivity contribution < 1.29 is 13.2 Å². The molecule has 0 atom stereocenters. The summed E-state index contributed by atoms with van der Waals surface area (Å²) in [6, 6.07) is 22.3. The standard InChI is InChI=1S/C23H20N2O3S2/c1-17-2-6-19(7-3-17)20-8-12-22(13-9-20)30(26,27)25-16-18-4-10-21(11-5-18)28-23-24-14-15-29-23/h2-15,25H,16H2,1H3. The molecule has 4 rings (SSSR count). The molecule has 0 bridgehead atoms. The van der Waals surface area contributed by atoms with Gasteiger partial charge < -0.3 is 4.74 Å². The summed E-state index contributed by atoms with van der Waals surface area (Å²) in [5.41, 5.74) is 4.05. The summed E-state index contributed by atoms with van der Waals surface area (Å²) in [5, 5.41) is 2.41. The summed E-state index contributed by atoms with van der Waals surface area (Å²) >= 11 is 1.41. The van der Waals surface area contributed by atoms with Gasteiger partial charge >= 0.3 is 0 Å². The second-order valence-corrected chi connectivity index (χ2v) is 9.38. The summed E-state index contributed by atoms with van der Waals surface area (Å²) in [6.45, 7) is 2.23. The molecule has 152 valence electrons. The van der Waals surface area contributed by atoms with Crippen molar-refractivity contribution in [1.82, 2.24) is 9.71 Å². The van der Waals surface area contributed by atoms with Gasteiger partial charge in [0.1, 0.15) is 5.75 Å². The van der Waals surface area contributed by atoms with Crippen LogP contribution in [0.15, 0.2) is 89.3 Å². The van der Waals surface area contributed by atoms with Crippen LogP contribution in [-0.2, 0) is 16.6 Å². The Kier molecular flexibility index (Phi) is 5.94. The van der Waals surface area contributed by atoms with Crippen LogP contribution in [0.1, 0.15) is 11.1 Å². The van der Waals surface area contributed by atoms with Crippen molar-refractivity contribution in [2.45, 2.75) is 18.4 Å². The summed E-state index contributed by atoms with van der Waals surface area (Å²) in [4.78, 5) is 4.31. The van der Waals surface area contributed by atoms with Gasteiger partial charge in [0.15, 0.2) is 0 Å². The van der Waals surface area contributed by atoms with Crippen LogP contribution in [-0.4, -0.2) is 13.4 Å². The zero-order chi connectivity index (χ0) is 21.0. The van der Waals surface area contributed by atoms with E-state index >= 15 is 0 Å². The Hall–Kier alpha value is -3.00. The van der Waals surface area contributed by atoms with Gasteiger partial charge in [0, 0.05) is 18.1 Å². The molecular weight excluding hydrogens is 416 g/mol. The number of nitrogens with one attached hydrogen (secondary N) is 1. The number of hydrogen-bond donors (Lipinski definition) is 1. The molecule has 0 aliphatic rings. The third-order valence-electron chi connectivity index (χ3n) is 4.55. The van der Waals surface area contributed by atoms with E-state index in [1.807, 2.05) is 60.8 Å². The molecule has 4 aromatic rings. The van der Waals surface area contributed by atoms with Crippen molar-refractivity contribution in [3.05, 3.63) is 95.5 Å². The van der Waals surface area contributed by atoms with E-state index in [2.05, 4.69) is 9.71 Å². The number of benzene rings is 3. The molecule has 0 amide bonds. The lowest BCUT2D eigenvalue weighted by Crippen LogP contribution is -2.23. The number of aryl methyl sites for hydroxylation is 1. The van der Waals surface area contributed by atoms with Gasteiger partial charge in [-0.05, 0) is 47.9 Å². The molecule has 0 unspecified atom stereocenters. The van der Waals surface area contributed by atoms with Gasteiger partial charge in [0.05, 0.1) is 4.90 Å². The first-order chi connectivity index (χ1) is 14.5. The zero-order valence-corrected chi connectivity index (χ0v) is 17.9. The van der Waals surface area contributed by atoms with E-state index in [-0.39, 0.29) is 11.4 Å². The maximum Gasteiger partial charge on any atom is 0.278 e. The number of nitrogens with zero attached hydrogens (tertiary/aromatic N) is 1. The van der Waals surface area contributed by atoms with Crippen molar-refractivity contribution in [2.75, 3.05) is 0 Å². The smallest absolute Gasteiger partial charge is 0.278 e. The second kappa shape index (κ2) is 8.79. The normalized spacial score (nSPS) is 11.4. The molecule has 0 radical (unpaired) electrons. The van der Waals surface area contributed by atoms with E-state index in [0.717, 1.165) is 16.7 Å². The number of rotatable bonds is 7. The van der Waals surface area contributed by atoms with Gasteiger partial charge in [-0.25, -0.2) is 18.1 Å². The van der Waals surface area contributed by atoms with Crippen molar-refractivity contribution >= 4 is 21.4 Å². The van der Waals surface area contributed by atoms with E-state index < -0.39 is 10.0 Å². The van der Waals surface area contributed by atoms with Gasteiger partial charge in [0.2, 0.25) is 10.0 Å². The molecule has 1 N–H and O–H groups in total. The van der Waals surface area contributed by atoms with Gasteiger partial charge in [-0.1, -0.05) is 65.4 Å². The highest BCUT2D eigenvalue weighted by molar-refractivity contribution is 7.89. The first-order valence-corrected chi connectivity index (χ1v) is 11.7. The zero-order valence-electron chi connectivity index (χ0n) is 16.3. The van der Waals surface area contributed by atoms with Gasteiger partial charge in [-0.2, -0.15) is 0 Å². The molecule has 0 aliphatic carbocycles. The lowest BCUT2D eigenvalue weighted by molar-refractivity contribution is 0.478. The predicted molar refractivity (Wildman–Crippen MR) is 119 cm³/mol. The van der Waals surface area contributed by atoms with E-state index in [1.165, 1.54) is 16.9 Å². The number of ether oxygens (including phenoxy) is 1. The van der Waals surface area contributed by atoms with Gasteiger partial charge in [-0.15, -0.1) is 0 Å². The fraction of sp³-hybridized carbons (Fsp3) is 0.0870. The van der Waals surface area contributed by atoms with Crippen LogP contribution in [0.4, 0.5) is 0 Å². The van der Waals surface area contributed by atoms with Crippen LogP contribution in [0.5, 0.6) is 10.9 Å². The quantitative estimate of drug-likeness (QED) is 0.422. The third-order valence-corrected chi connectivity index (χ3v) is 6.62. The highest BCUT2D eigenvalue weighted by atomic mass is 32.2. The molecule has 1 heterocycles. The van der Waals surface area contributed by atoms with E-state index in [9.17, 15) is 8.42 Å².